The fraction of sp³-hybridized carbons (Fsp3) is 0.200. The second-order valence-electron chi connectivity index (χ2n) is 6.44. The molecule has 29 heavy (non-hydrogen) atoms. The first kappa shape index (κ1) is 19.5. The summed E-state index contributed by atoms with van der Waals surface area (Å²) in [5, 5.41) is 11.0. The zero-order chi connectivity index (χ0) is 20.2. The Bertz CT molecular complexity index is 1040. The van der Waals surface area contributed by atoms with Gasteiger partial charge in [0.2, 0.25) is 16.9 Å². The van der Waals surface area contributed by atoms with Gasteiger partial charge in [0, 0.05) is 12.2 Å². The predicted molar refractivity (Wildman–Crippen MR) is 112 cm³/mol. The average molecular weight is 429 g/mol. The van der Waals surface area contributed by atoms with Crippen LogP contribution in [0.4, 0.5) is 15.2 Å². The fourth-order valence-electron chi connectivity index (χ4n) is 3.07. The molecule has 1 aromatic heterocycles. The number of amides is 2. The molecule has 0 atom stereocenters. The van der Waals surface area contributed by atoms with Gasteiger partial charge in [0.25, 0.3) is 0 Å². The van der Waals surface area contributed by atoms with E-state index < -0.39 is 0 Å². The molecule has 0 saturated heterocycles. The van der Waals surface area contributed by atoms with Crippen molar-refractivity contribution in [3.8, 4) is 0 Å². The Kier molecular flexibility index (Phi) is 5.86. The van der Waals surface area contributed by atoms with Gasteiger partial charge in [-0.2, -0.15) is 0 Å². The lowest BCUT2D eigenvalue weighted by Gasteiger charge is -2.16. The summed E-state index contributed by atoms with van der Waals surface area (Å²) in [4.78, 5) is 26.5. The van der Waals surface area contributed by atoms with E-state index in [1.54, 1.807) is 17.0 Å². The number of hydrogen-bond acceptors (Lipinski definition) is 6. The first-order chi connectivity index (χ1) is 14.1. The second-order valence-corrected chi connectivity index (χ2v) is 8.64. The Morgan fingerprint density at radius 3 is 2.76 bits per heavy atom. The molecule has 0 aliphatic carbocycles. The normalized spacial score (nSPS) is 12.7. The highest BCUT2D eigenvalue weighted by atomic mass is 32.2. The van der Waals surface area contributed by atoms with Gasteiger partial charge in [-0.3, -0.25) is 9.59 Å². The van der Waals surface area contributed by atoms with Crippen molar-refractivity contribution in [2.45, 2.75) is 17.2 Å². The Morgan fingerprint density at radius 2 is 1.93 bits per heavy atom. The molecule has 0 spiro atoms. The number of anilines is 2. The minimum atomic E-state index is -0.341. The van der Waals surface area contributed by atoms with E-state index in [4.69, 9.17) is 0 Å². The molecule has 0 bridgehead atoms. The van der Waals surface area contributed by atoms with Crippen LogP contribution in [0.15, 0.2) is 52.9 Å². The molecular weight excluding hydrogens is 411 g/mol. The molecule has 9 heteroatoms. The summed E-state index contributed by atoms with van der Waals surface area (Å²) in [6.07, 6.45) is 0.991. The van der Waals surface area contributed by atoms with Crippen LogP contribution >= 0.6 is 23.1 Å². The molecular formula is C20H17FN4O2S2. The third-order valence-corrected chi connectivity index (χ3v) is 6.39. The van der Waals surface area contributed by atoms with Gasteiger partial charge in [-0.05, 0) is 35.7 Å². The van der Waals surface area contributed by atoms with Crippen LogP contribution < -0.4 is 10.2 Å². The highest BCUT2D eigenvalue weighted by Crippen LogP contribution is 2.30. The van der Waals surface area contributed by atoms with E-state index in [-0.39, 0.29) is 29.8 Å². The lowest BCUT2D eigenvalue weighted by atomic mass is 10.1. The van der Waals surface area contributed by atoms with Gasteiger partial charge in [0.15, 0.2) is 4.34 Å². The molecule has 1 N–H and O–H groups in total. The van der Waals surface area contributed by atoms with E-state index in [0.29, 0.717) is 21.6 Å². The second kappa shape index (κ2) is 8.71. The fourth-order valence-corrected chi connectivity index (χ4v) is 4.71. The Balaban J connectivity index is 1.29. The van der Waals surface area contributed by atoms with Crippen molar-refractivity contribution in [2.24, 2.45) is 0 Å². The molecule has 148 valence electrons. The van der Waals surface area contributed by atoms with Gasteiger partial charge in [-0.1, -0.05) is 53.4 Å². The number of thioether (sulfide) groups is 1. The quantitative estimate of drug-likeness (QED) is 0.480. The number of benzene rings is 2. The molecule has 3 aromatic rings. The summed E-state index contributed by atoms with van der Waals surface area (Å²) in [5.74, 6) is -0.315. The third kappa shape index (κ3) is 4.80. The van der Waals surface area contributed by atoms with Crippen LogP contribution in [0.1, 0.15) is 11.1 Å². The van der Waals surface area contributed by atoms with Crippen LogP contribution in [-0.4, -0.2) is 34.3 Å². The molecule has 0 fully saturated rings. The third-order valence-electron chi connectivity index (χ3n) is 4.44. The van der Waals surface area contributed by atoms with Crippen LogP contribution in [0.5, 0.6) is 0 Å². The molecule has 6 nitrogen and oxygen atoms in total. The summed E-state index contributed by atoms with van der Waals surface area (Å²) in [5.41, 5.74) is 2.87. The number of nitrogens with one attached hydrogen (secondary N) is 1. The van der Waals surface area contributed by atoms with Gasteiger partial charge in [-0.15, -0.1) is 10.2 Å². The van der Waals surface area contributed by atoms with Gasteiger partial charge in [0.05, 0.1) is 12.2 Å². The van der Waals surface area contributed by atoms with Crippen molar-refractivity contribution >= 4 is 45.7 Å². The highest BCUT2D eigenvalue weighted by Gasteiger charge is 2.24. The zero-order valence-corrected chi connectivity index (χ0v) is 16.9. The smallest absolute Gasteiger partial charge is 0.237 e. The summed E-state index contributed by atoms with van der Waals surface area (Å²) in [6, 6.07) is 13.7. The number of halogens is 1. The predicted octanol–water partition coefficient (Wildman–Crippen LogP) is 3.54. The lowest BCUT2D eigenvalue weighted by Crippen LogP contribution is -2.30. The van der Waals surface area contributed by atoms with Gasteiger partial charge in [0.1, 0.15) is 5.82 Å². The van der Waals surface area contributed by atoms with Crippen LogP contribution in [0.25, 0.3) is 0 Å². The summed E-state index contributed by atoms with van der Waals surface area (Å²) >= 11 is 2.53. The summed E-state index contributed by atoms with van der Waals surface area (Å²) < 4.78 is 13.5. The topological polar surface area (TPSA) is 75.2 Å². The van der Waals surface area contributed by atoms with Crippen molar-refractivity contribution in [1.82, 2.24) is 10.2 Å². The van der Waals surface area contributed by atoms with Crippen molar-refractivity contribution in [1.29, 1.82) is 0 Å². The summed E-state index contributed by atoms with van der Waals surface area (Å²) in [6.45, 7) is 0.694. The maximum absolute atomic E-state index is 12.9. The molecule has 2 amide bonds. The van der Waals surface area contributed by atoms with Gasteiger partial charge >= 0.3 is 0 Å². The minimum absolute atomic E-state index is 0.0250. The molecule has 0 unspecified atom stereocenters. The first-order valence-electron chi connectivity index (χ1n) is 8.97. The van der Waals surface area contributed by atoms with Crippen LogP contribution in [0, 0.1) is 5.82 Å². The van der Waals surface area contributed by atoms with Crippen LogP contribution in [0.3, 0.4) is 0 Å². The molecule has 0 saturated carbocycles. The lowest BCUT2D eigenvalue weighted by molar-refractivity contribution is -0.116. The van der Waals surface area contributed by atoms with E-state index in [1.165, 1.54) is 40.8 Å². The number of nitrogens with zero attached hydrogens (tertiary/aromatic N) is 3. The number of carbonyl (C=O) groups excluding carboxylic acids is 2. The first-order valence-corrected chi connectivity index (χ1v) is 10.8. The Morgan fingerprint density at radius 1 is 1.14 bits per heavy atom. The number of rotatable bonds is 6. The maximum Gasteiger partial charge on any atom is 0.237 e. The standard InChI is InChI=1S/C20H17FN4O2S2/c21-15-7-5-13(6-8-15)11-17(26)22-19-23-24-20(29-19)28-12-18(27)25-10-9-14-3-1-2-4-16(14)25/h1-8H,9-12H2,(H,22,23,26). The van der Waals surface area contributed by atoms with E-state index in [9.17, 15) is 14.0 Å². The SMILES string of the molecule is O=C(Cc1ccc(F)cc1)Nc1nnc(SCC(=O)N2CCc3ccccc32)s1. The maximum atomic E-state index is 12.9. The largest absolute Gasteiger partial charge is 0.311 e. The van der Waals surface area contributed by atoms with Crippen molar-refractivity contribution in [3.05, 3.63) is 65.5 Å². The number of carbonyl (C=O) groups is 2. The molecule has 1 aliphatic heterocycles. The zero-order valence-electron chi connectivity index (χ0n) is 15.3. The van der Waals surface area contributed by atoms with Crippen LogP contribution in [0.2, 0.25) is 0 Å². The number of para-hydroxylation sites is 1. The van der Waals surface area contributed by atoms with Crippen molar-refractivity contribution < 1.29 is 14.0 Å². The molecule has 2 heterocycles. The van der Waals surface area contributed by atoms with E-state index in [2.05, 4.69) is 15.5 Å². The van der Waals surface area contributed by atoms with E-state index in [0.717, 1.165) is 12.1 Å². The van der Waals surface area contributed by atoms with Crippen molar-refractivity contribution in [3.63, 3.8) is 0 Å². The number of hydrogen-bond donors (Lipinski definition) is 1. The monoisotopic (exact) mass is 428 g/mol. The van der Waals surface area contributed by atoms with Gasteiger partial charge in [-0.25, -0.2) is 4.39 Å². The average Bonchev–Trinajstić information content (AvgIpc) is 3.35. The Labute approximate surface area is 175 Å². The minimum Gasteiger partial charge on any atom is -0.311 e. The molecule has 0 radical (unpaired) electrons. The number of fused-ring (bicyclic) bond motifs is 1. The summed E-state index contributed by atoms with van der Waals surface area (Å²) in [7, 11) is 0. The molecule has 4 rings (SSSR count). The molecule has 2 aromatic carbocycles. The van der Waals surface area contributed by atoms with Crippen LogP contribution in [-0.2, 0) is 22.4 Å². The van der Waals surface area contributed by atoms with Crippen molar-refractivity contribution in [2.75, 3.05) is 22.5 Å². The van der Waals surface area contributed by atoms with E-state index in [1.807, 2.05) is 24.3 Å². The highest BCUT2D eigenvalue weighted by molar-refractivity contribution is 8.01. The Hall–Kier alpha value is -2.78. The number of aromatic nitrogens is 2. The van der Waals surface area contributed by atoms with E-state index >= 15 is 0 Å². The van der Waals surface area contributed by atoms with Gasteiger partial charge < -0.3 is 10.2 Å². The molecule has 1 aliphatic rings.